The third-order valence-corrected chi connectivity index (χ3v) is 4.46. The molecule has 6 nitrogen and oxygen atoms in total. The van der Waals surface area contributed by atoms with E-state index in [9.17, 15) is 17.6 Å². The maximum atomic E-state index is 13.6. The fourth-order valence-corrected chi connectivity index (χ4v) is 3.23. The van der Waals surface area contributed by atoms with Crippen LogP contribution in [0.4, 0.5) is 4.39 Å². The second kappa shape index (κ2) is 5.04. The van der Waals surface area contributed by atoms with Crippen LogP contribution in [-0.2, 0) is 15.6 Å². The van der Waals surface area contributed by atoms with Crippen LogP contribution in [-0.4, -0.2) is 24.7 Å². The molecule has 1 aromatic heterocycles. The van der Waals surface area contributed by atoms with Gasteiger partial charge in [0.05, 0.1) is 16.7 Å². The minimum Gasteiger partial charge on any atom is -0.478 e. The number of aromatic nitrogens is 1. The lowest BCUT2D eigenvalue weighted by Gasteiger charge is -2.08. The molecule has 0 aliphatic carbocycles. The summed E-state index contributed by atoms with van der Waals surface area (Å²) in [7, 11) is -3.93. The van der Waals surface area contributed by atoms with Crippen molar-refractivity contribution in [3.05, 3.63) is 47.1 Å². The van der Waals surface area contributed by atoms with Crippen LogP contribution < -0.4 is 0 Å². The summed E-state index contributed by atoms with van der Waals surface area (Å²) in [6.07, 6.45) is 1.28. The van der Waals surface area contributed by atoms with Crippen LogP contribution in [0.3, 0.4) is 0 Å². The Morgan fingerprint density at radius 1 is 1.45 bits per heavy atom. The molecule has 1 heterocycles. The molecule has 20 heavy (non-hydrogen) atoms. The average Bonchev–Trinajstić information content (AvgIpc) is 2.83. The molecule has 0 atom stereocenters. The molecule has 0 radical (unpaired) electrons. The van der Waals surface area contributed by atoms with Gasteiger partial charge in [0, 0.05) is 11.6 Å². The van der Waals surface area contributed by atoms with Crippen LogP contribution >= 0.6 is 0 Å². The van der Waals surface area contributed by atoms with Crippen molar-refractivity contribution in [3.63, 3.8) is 0 Å². The number of hydrogen-bond donors (Lipinski definition) is 1. The highest BCUT2D eigenvalue weighted by atomic mass is 32.2. The minimum absolute atomic E-state index is 0.0885. The van der Waals surface area contributed by atoms with Crippen molar-refractivity contribution >= 4 is 15.8 Å². The first-order valence-corrected chi connectivity index (χ1v) is 7.12. The molecule has 0 amide bonds. The van der Waals surface area contributed by atoms with E-state index in [1.165, 1.54) is 19.2 Å². The third kappa shape index (κ3) is 2.69. The lowest BCUT2D eigenvalue weighted by Crippen LogP contribution is -2.10. The maximum Gasteiger partial charge on any atom is 0.335 e. The number of nitrogens with zero attached hydrogens (tertiary/aromatic N) is 1. The summed E-state index contributed by atoms with van der Waals surface area (Å²) in [6.45, 7) is 1.27. The van der Waals surface area contributed by atoms with Crippen molar-refractivity contribution in [2.45, 2.75) is 17.6 Å². The van der Waals surface area contributed by atoms with Crippen LogP contribution in [0.5, 0.6) is 0 Å². The second-order valence-electron chi connectivity index (χ2n) is 4.12. The van der Waals surface area contributed by atoms with E-state index in [0.29, 0.717) is 0 Å². The first-order chi connectivity index (χ1) is 9.31. The Morgan fingerprint density at radius 3 is 2.70 bits per heavy atom. The zero-order valence-corrected chi connectivity index (χ0v) is 11.1. The molecule has 0 saturated heterocycles. The van der Waals surface area contributed by atoms with Crippen molar-refractivity contribution in [2.24, 2.45) is 0 Å². The molecule has 2 rings (SSSR count). The molecule has 8 heteroatoms. The molecule has 0 bridgehead atoms. The van der Waals surface area contributed by atoms with E-state index in [1.807, 2.05) is 0 Å². The van der Waals surface area contributed by atoms with Crippen molar-refractivity contribution in [2.75, 3.05) is 0 Å². The zero-order valence-electron chi connectivity index (χ0n) is 10.3. The topological polar surface area (TPSA) is 97.5 Å². The lowest BCUT2D eigenvalue weighted by molar-refractivity contribution is 0.0696. The SMILES string of the molecule is Cc1c(F)cc(C(=O)O)cc1S(=O)(=O)Cc1ccno1. The van der Waals surface area contributed by atoms with Crippen LogP contribution in [0.25, 0.3) is 0 Å². The highest BCUT2D eigenvalue weighted by molar-refractivity contribution is 7.90. The molecule has 0 fully saturated rings. The molecule has 0 unspecified atom stereocenters. The number of rotatable bonds is 4. The number of sulfone groups is 1. The Kier molecular flexibility index (Phi) is 3.58. The molecular formula is C12H10FNO5S. The van der Waals surface area contributed by atoms with Crippen LogP contribution in [0.2, 0.25) is 0 Å². The highest BCUT2D eigenvalue weighted by Crippen LogP contribution is 2.24. The maximum absolute atomic E-state index is 13.6. The Bertz CT molecular complexity index is 752. The standard InChI is InChI=1S/C12H10FNO5S/c1-7-10(13)4-8(12(15)16)5-11(7)20(17,18)6-9-2-3-14-19-9/h2-5H,6H2,1H3,(H,15,16). The number of benzene rings is 1. The number of carboxylic acid groups (broad SMARTS) is 1. The van der Waals surface area contributed by atoms with Gasteiger partial charge in [-0.3, -0.25) is 0 Å². The molecule has 0 saturated carbocycles. The van der Waals surface area contributed by atoms with Gasteiger partial charge >= 0.3 is 5.97 Å². The van der Waals surface area contributed by atoms with E-state index in [1.54, 1.807) is 0 Å². The van der Waals surface area contributed by atoms with E-state index < -0.39 is 32.9 Å². The summed E-state index contributed by atoms with van der Waals surface area (Å²) in [5.41, 5.74) is -0.557. The van der Waals surface area contributed by atoms with E-state index in [4.69, 9.17) is 9.63 Å². The molecular weight excluding hydrogens is 289 g/mol. The summed E-state index contributed by atoms with van der Waals surface area (Å²) in [5.74, 6) is -2.72. The van der Waals surface area contributed by atoms with Gasteiger partial charge in [0.2, 0.25) is 0 Å². The van der Waals surface area contributed by atoms with Gasteiger partial charge in [-0.2, -0.15) is 0 Å². The Morgan fingerprint density at radius 2 is 2.15 bits per heavy atom. The fourth-order valence-electron chi connectivity index (χ4n) is 1.68. The summed E-state index contributed by atoms with van der Waals surface area (Å²) in [4.78, 5) is 10.5. The monoisotopic (exact) mass is 299 g/mol. The highest BCUT2D eigenvalue weighted by Gasteiger charge is 2.23. The van der Waals surface area contributed by atoms with Crippen LogP contribution in [0.15, 0.2) is 33.8 Å². The predicted molar refractivity (Wildman–Crippen MR) is 65.5 cm³/mol. The fraction of sp³-hybridized carbons (Fsp3) is 0.167. The second-order valence-corrected chi connectivity index (χ2v) is 6.08. The Labute approximate surface area is 113 Å². The molecule has 1 aromatic carbocycles. The average molecular weight is 299 g/mol. The first-order valence-electron chi connectivity index (χ1n) is 5.47. The summed E-state index contributed by atoms with van der Waals surface area (Å²) in [5, 5.41) is 12.2. The normalized spacial score (nSPS) is 11.5. The number of halogens is 1. The van der Waals surface area contributed by atoms with E-state index in [0.717, 1.165) is 12.1 Å². The molecule has 0 spiro atoms. The summed E-state index contributed by atoms with van der Waals surface area (Å²) >= 11 is 0. The number of carboxylic acids is 1. The zero-order chi connectivity index (χ0) is 14.9. The summed E-state index contributed by atoms with van der Waals surface area (Å²) < 4.78 is 42.7. The quantitative estimate of drug-likeness (QED) is 0.924. The molecule has 0 aliphatic heterocycles. The van der Waals surface area contributed by atoms with Gasteiger partial charge in [-0.25, -0.2) is 17.6 Å². The van der Waals surface area contributed by atoms with Crippen molar-refractivity contribution in [1.29, 1.82) is 0 Å². The van der Waals surface area contributed by atoms with Gasteiger partial charge < -0.3 is 9.63 Å². The van der Waals surface area contributed by atoms with Crippen molar-refractivity contribution in [1.82, 2.24) is 5.16 Å². The van der Waals surface area contributed by atoms with Crippen LogP contribution in [0.1, 0.15) is 21.7 Å². The van der Waals surface area contributed by atoms with Gasteiger partial charge in [-0.05, 0) is 19.1 Å². The largest absolute Gasteiger partial charge is 0.478 e. The van der Waals surface area contributed by atoms with Gasteiger partial charge in [-0.15, -0.1) is 0 Å². The lowest BCUT2D eigenvalue weighted by atomic mass is 10.1. The van der Waals surface area contributed by atoms with E-state index in [-0.39, 0.29) is 16.2 Å². The number of hydrogen-bond acceptors (Lipinski definition) is 5. The number of carbonyl (C=O) groups is 1. The Balaban J connectivity index is 2.53. The summed E-state index contributed by atoms with van der Waals surface area (Å²) in [6, 6.07) is 3.09. The van der Waals surface area contributed by atoms with Gasteiger partial charge in [-0.1, -0.05) is 5.16 Å². The third-order valence-electron chi connectivity index (χ3n) is 2.70. The van der Waals surface area contributed by atoms with Gasteiger partial charge in [0.1, 0.15) is 11.6 Å². The van der Waals surface area contributed by atoms with Crippen LogP contribution in [0, 0.1) is 12.7 Å². The van der Waals surface area contributed by atoms with Gasteiger partial charge in [0.25, 0.3) is 0 Å². The Hall–Kier alpha value is -2.22. The van der Waals surface area contributed by atoms with Crippen molar-refractivity contribution in [3.8, 4) is 0 Å². The number of aromatic carboxylic acids is 1. The molecule has 0 aliphatic rings. The first kappa shape index (κ1) is 14.2. The smallest absolute Gasteiger partial charge is 0.335 e. The van der Waals surface area contributed by atoms with E-state index >= 15 is 0 Å². The predicted octanol–water partition coefficient (Wildman–Crippen LogP) is 1.79. The minimum atomic E-state index is -3.93. The molecule has 1 N–H and O–H groups in total. The molecule has 106 valence electrons. The van der Waals surface area contributed by atoms with Gasteiger partial charge in [0.15, 0.2) is 15.6 Å². The van der Waals surface area contributed by atoms with E-state index in [2.05, 4.69) is 5.16 Å². The molecule has 2 aromatic rings. The van der Waals surface area contributed by atoms with Crippen molar-refractivity contribution < 1.29 is 27.2 Å².